The minimum atomic E-state index is 0.244. The third-order valence-corrected chi connectivity index (χ3v) is 2.90. The molecule has 3 rings (SSSR count). The monoisotopic (exact) mass is 223 g/mol. The summed E-state index contributed by atoms with van der Waals surface area (Å²) >= 11 is 5.82. The molecule has 6 heteroatoms. The Morgan fingerprint density at radius 2 is 2.27 bits per heavy atom. The van der Waals surface area contributed by atoms with Crippen molar-refractivity contribution >= 4 is 28.5 Å². The van der Waals surface area contributed by atoms with Gasteiger partial charge in [-0.1, -0.05) is 0 Å². The highest BCUT2D eigenvalue weighted by Gasteiger charge is 2.19. The molecule has 2 heterocycles. The van der Waals surface area contributed by atoms with Crippen molar-refractivity contribution in [3.63, 3.8) is 0 Å². The number of H-pyrrole nitrogens is 1. The molecule has 1 saturated carbocycles. The van der Waals surface area contributed by atoms with E-state index in [1.54, 1.807) is 6.20 Å². The highest BCUT2D eigenvalue weighted by atomic mass is 35.5. The average Bonchev–Trinajstić information content (AvgIpc) is 2.58. The molecule has 0 atom stereocenters. The highest BCUT2D eigenvalue weighted by Crippen LogP contribution is 2.26. The van der Waals surface area contributed by atoms with Crippen molar-refractivity contribution in [3.05, 3.63) is 11.5 Å². The molecule has 2 N–H and O–H groups in total. The second-order valence-electron chi connectivity index (χ2n) is 3.75. The lowest BCUT2D eigenvalue weighted by Crippen LogP contribution is -2.27. The van der Waals surface area contributed by atoms with E-state index in [1.165, 1.54) is 19.3 Å². The summed E-state index contributed by atoms with van der Waals surface area (Å²) in [4.78, 5) is 8.22. The Morgan fingerprint density at radius 1 is 1.40 bits per heavy atom. The SMILES string of the molecule is Clc1nc(NC2CCC2)c2cn[nH]c2n1. The van der Waals surface area contributed by atoms with Gasteiger partial charge in [0.2, 0.25) is 5.28 Å². The minimum Gasteiger partial charge on any atom is -0.367 e. The molecule has 1 aliphatic carbocycles. The lowest BCUT2D eigenvalue weighted by atomic mass is 9.93. The van der Waals surface area contributed by atoms with Crippen molar-refractivity contribution in [1.29, 1.82) is 0 Å². The van der Waals surface area contributed by atoms with E-state index in [0.29, 0.717) is 11.7 Å². The van der Waals surface area contributed by atoms with E-state index in [0.717, 1.165) is 11.2 Å². The van der Waals surface area contributed by atoms with Crippen LogP contribution < -0.4 is 5.32 Å². The summed E-state index contributed by atoms with van der Waals surface area (Å²) in [6, 6.07) is 0.522. The number of halogens is 1. The number of nitrogens with zero attached hydrogens (tertiary/aromatic N) is 3. The zero-order valence-electron chi connectivity index (χ0n) is 8.00. The summed E-state index contributed by atoms with van der Waals surface area (Å²) in [7, 11) is 0. The Bertz CT molecular complexity index is 490. The van der Waals surface area contributed by atoms with Gasteiger partial charge in [-0.2, -0.15) is 15.1 Å². The number of nitrogens with one attached hydrogen (secondary N) is 2. The number of rotatable bonds is 2. The van der Waals surface area contributed by atoms with Crippen molar-refractivity contribution in [2.75, 3.05) is 5.32 Å². The molecular weight excluding hydrogens is 214 g/mol. The van der Waals surface area contributed by atoms with E-state index >= 15 is 0 Å². The number of hydrogen-bond acceptors (Lipinski definition) is 4. The first-order chi connectivity index (χ1) is 7.33. The molecule has 0 radical (unpaired) electrons. The molecule has 0 unspecified atom stereocenters. The third kappa shape index (κ3) is 1.52. The fourth-order valence-electron chi connectivity index (χ4n) is 1.66. The fraction of sp³-hybridized carbons (Fsp3) is 0.444. The lowest BCUT2D eigenvalue weighted by molar-refractivity contribution is 0.445. The Labute approximate surface area is 91.3 Å². The van der Waals surface area contributed by atoms with Gasteiger partial charge in [-0.05, 0) is 30.9 Å². The normalized spacial score (nSPS) is 16.6. The first-order valence-electron chi connectivity index (χ1n) is 4.96. The molecule has 0 aromatic carbocycles. The summed E-state index contributed by atoms with van der Waals surface area (Å²) in [5, 5.41) is 11.2. The van der Waals surface area contributed by atoms with Crippen LogP contribution in [-0.2, 0) is 0 Å². The number of hydrogen-bond donors (Lipinski definition) is 2. The molecule has 0 bridgehead atoms. The number of fused-ring (bicyclic) bond motifs is 1. The molecule has 2 aromatic heterocycles. The van der Waals surface area contributed by atoms with Gasteiger partial charge in [-0.25, -0.2) is 0 Å². The molecule has 1 aliphatic rings. The van der Waals surface area contributed by atoms with Crippen molar-refractivity contribution in [2.45, 2.75) is 25.3 Å². The number of aromatic nitrogens is 4. The van der Waals surface area contributed by atoms with Gasteiger partial charge in [0, 0.05) is 6.04 Å². The summed E-state index contributed by atoms with van der Waals surface area (Å²) in [5.41, 5.74) is 0.678. The van der Waals surface area contributed by atoms with E-state index in [2.05, 4.69) is 25.5 Å². The first-order valence-corrected chi connectivity index (χ1v) is 5.34. The molecular formula is C9H10ClN5. The largest absolute Gasteiger partial charge is 0.367 e. The second kappa shape index (κ2) is 3.34. The van der Waals surface area contributed by atoms with Gasteiger partial charge < -0.3 is 5.32 Å². The molecule has 0 spiro atoms. The van der Waals surface area contributed by atoms with E-state index in [9.17, 15) is 0 Å². The van der Waals surface area contributed by atoms with Gasteiger partial charge in [0.05, 0.1) is 11.6 Å². The molecule has 0 saturated heterocycles. The zero-order chi connectivity index (χ0) is 10.3. The van der Waals surface area contributed by atoms with Crippen LogP contribution in [0.1, 0.15) is 19.3 Å². The molecule has 0 aliphatic heterocycles. The molecule has 1 fully saturated rings. The van der Waals surface area contributed by atoms with Crippen LogP contribution >= 0.6 is 11.6 Å². The Kier molecular flexibility index (Phi) is 1.98. The van der Waals surface area contributed by atoms with E-state index in [4.69, 9.17) is 11.6 Å². The Morgan fingerprint density at radius 3 is 3.00 bits per heavy atom. The second-order valence-corrected chi connectivity index (χ2v) is 4.08. The van der Waals surface area contributed by atoms with Crippen LogP contribution in [0.25, 0.3) is 11.0 Å². The minimum absolute atomic E-state index is 0.244. The number of aromatic amines is 1. The predicted octanol–water partition coefficient (Wildman–Crippen LogP) is 1.97. The van der Waals surface area contributed by atoms with Crippen LogP contribution in [0.4, 0.5) is 5.82 Å². The van der Waals surface area contributed by atoms with Crippen molar-refractivity contribution in [1.82, 2.24) is 20.2 Å². The zero-order valence-corrected chi connectivity index (χ0v) is 8.75. The standard InChI is InChI=1S/C9H10ClN5/c10-9-13-7(12-5-2-1-3-5)6-4-11-15-8(6)14-9/h4-5H,1-3H2,(H2,11,12,13,14,15). The van der Waals surface area contributed by atoms with Crippen LogP contribution in [0, 0.1) is 0 Å². The summed E-state index contributed by atoms with van der Waals surface area (Å²) in [5.74, 6) is 0.781. The summed E-state index contributed by atoms with van der Waals surface area (Å²) in [6.45, 7) is 0. The van der Waals surface area contributed by atoms with Crippen LogP contribution in [0.5, 0.6) is 0 Å². The lowest BCUT2D eigenvalue weighted by Gasteiger charge is -2.27. The van der Waals surface area contributed by atoms with E-state index in [-0.39, 0.29) is 5.28 Å². The molecule has 15 heavy (non-hydrogen) atoms. The third-order valence-electron chi connectivity index (χ3n) is 2.73. The van der Waals surface area contributed by atoms with Gasteiger partial charge in [-0.3, -0.25) is 5.10 Å². The smallest absolute Gasteiger partial charge is 0.226 e. The molecule has 78 valence electrons. The van der Waals surface area contributed by atoms with E-state index in [1.807, 2.05) is 0 Å². The van der Waals surface area contributed by atoms with E-state index < -0.39 is 0 Å². The predicted molar refractivity (Wildman–Crippen MR) is 58.0 cm³/mol. The van der Waals surface area contributed by atoms with Gasteiger partial charge in [-0.15, -0.1) is 0 Å². The van der Waals surface area contributed by atoms with Crippen molar-refractivity contribution in [3.8, 4) is 0 Å². The van der Waals surface area contributed by atoms with Gasteiger partial charge in [0.15, 0.2) is 5.65 Å². The highest BCUT2D eigenvalue weighted by molar-refractivity contribution is 6.28. The van der Waals surface area contributed by atoms with Crippen LogP contribution in [0.3, 0.4) is 0 Å². The number of anilines is 1. The maximum Gasteiger partial charge on any atom is 0.226 e. The maximum absolute atomic E-state index is 5.82. The maximum atomic E-state index is 5.82. The van der Waals surface area contributed by atoms with Crippen LogP contribution in [-0.4, -0.2) is 26.2 Å². The average molecular weight is 224 g/mol. The Balaban J connectivity index is 2.02. The topological polar surface area (TPSA) is 66.5 Å². The summed E-state index contributed by atoms with van der Waals surface area (Å²) < 4.78 is 0. The van der Waals surface area contributed by atoms with Crippen molar-refractivity contribution < 1.29 is 0 Å². The molecule has 5 nitrogen and oxygen atoms in total. The molecule has 0 amide bonds. The van der Waals surface area contributed by atoms with Gasteiger partial charge >= 0.3 is 0 Å². The first kappa shape index (κ1) is 8.91. The Hall–Kier alpha value is -1.36. The quantitative estimate of drug-likeness (QED) is 0.764. The fourth-order valence-corrected chi connectivity index (χ4v) is 1.83. The van der Waals surface area contributed by atoms with Gasteiger partial charge in [0.1, 0.15) is 5.82 Å². The summed E-state index contributed by atoms with van der Waals surface area (Å²) in [6.07, 6.45) is 5.39. The van der Waals surface area contributed by atoms with Crippen molar-refractivity contribution in [2.24, 2.45) is 0 Å². The molecule has 2 aromatic rings. The van der Waals surface area contributed by atoms with Gasteiger partial charge in [0.25, 0.3) is 0 Å². The van der Waals surface area contributed by atoms with Crippen LogP contribution in [0.2, 0.25) is 5.28 Å². The van der Waals surface area contributed by atoms with Crippen LogP contribution in [0.15, 0.2) is 6.20 Å².